The van der Waals surface area contributed by atoms with E-state index in [1.807, 2.05) is 24.3 Å². The Morgan fingerprint density at radius 1 is 0.846 bits per heavy atom. The summed E-state index contributed by atoms with van der Waals surface area (Å²) < 4.78 is 10.8. The summed E-state index contributed by atoms with van der Waals surface area (Å²) in [5, 5.41) is 8.86. The average molecular weight is 397 g/mol. The monoisotopic (exact) mass is 396 g/mol. The van der Waals surface area contributed by atoms with Crippen LogP contribution >= 0.6 is 24.8 Å². The molecule has 0 amide bonds. The molecule has 1 aromatic heterocycles. The van der Waals surface area contributed by atoms with E-state index in [0.717, 1.165) is 60.8 Å². The van der Waals surface area contributed by atoms with E-state index < -0.39 is 0 Å². The van der Waals surface area contributed by atoms with Gasteiger partial charge in [0.25, 0.3) is 0 Å². The maximum Gasteiger partial charge on any atom is 0.231 e. The van der Waals surface area contributed by atoms with Gasteiger partial charge in [0.15, 0.2) is 17.3 Å². The van der Waals surface area contributed by atoms with Crippen LogP contribution in [0.15, 0.2) is 30.3 Å². The predicted molar refractivity (Wildman–Crippen MR) is 105 cm³/mol. The summed E-state index contributed by atoms with van der Waals surface area (Å²) in [4.78, 5) is 4.93. The van der Waals surface area contributed by atoms with Crippen molar-refractivity contribution in [3.63, 3.8) is 0 Å². The third kappa shape index (κ3) is 3.68. The van der Waals surface area contributed by atoms with Crippen molar-refractivity contribution in [3.05, 3.63) is 30.3 Å². The highest BCUT2D eigenvalue weighted by Crippen LogP contribution is 2.35. The van der Waals surface area contributed by atoms with Gasteiger partial charge in [0, 0.05) is 37.8 Å². The summed E-state index contributed by atoms with van der Waals surface area (Å²) in [6.07, 6.45) is 2.76. The topological polar surface area (TPSA) is 50.7 Å². The average Bonchev–Trinajstić information content (AvgIpc) is 3.39. The van der Waals surface area contributed by atoms with E-state index in [9.17, 15) is 0 Å². The van der Waals surface area contributed by atoms with Crippen LogP contribution in [0.4, 0.5) is 5.82 Å². The van der Waals surface area contributed by atoms with Crippen LogP contribution in [0.5, 0.6) is 11.5 Å². The standard InChI is InChI=1S/C18H20N4O2.2ClH/c1-5-16-17(24-12-23-16)11-13(1)15-4-6-18(20-19-15)22-9-7-21(8-10-22)14-2-3-14;;/h1,4-6,11,14H,2-3,7-10,12H2;2*1H. The van der Waals surface area contributed by atoms with Gasteiger partial charge in [-0.1, -0.05) is 0 Å². The lowest BCUT2D eigenvalue weighted by Crippen LogP contribution is -2.47. The van der Waals surface area contributed by atoms with Gasteiger partial charge in [-0.05, 0) is 43.2 Å². The number of fused-ring (bicyclic) bond motifs is 1. The van der Waals surface area contributed by atoms with Gasteiger partial charge in [-0.15, -0.1) is 35.0 Å². The van der Waals surface area contributed by atoms with Gasteiger partial charge in [0.05, 0.1) is 5.69 Å². The van der Waals surface area contributed by atoms with Crippen molar-refractivity contribution in [2.45, 2.75) is 18.9 Å². The lowest BCUT2D eigenvalue weighted by molar-refractivity contribution is 0.174. The SMILES string of the molecule is Cl.Cl.c1cc2c(cc1-c1ccc(N3CCN(C4CC4)CC3)nn1)OCO2. The van der Waals surface area contributed by atoms with E-state index >= 15 is 0 Å². The predicted octanol–water partition coefficient (Wildman–Crippen LogP) is 3.00. The zero-order valence-electron chi connectivity index (χ0n) is 14.3. The third-order valence-electron chi connectivity index (χ3n) is 5.02. The molecular weight excluding hydrogens is 375 g/mol. The van der Waals surface area contributed by atoms with Crippen molar-refractivity contribution >= 4 is 30.6 Å². The van der Waals surface area contributed by atoms with Crippen LogP contribution in [0, 0.1) is 0 Å². The second-order valence-corrected chi connectivity index (χ2v) is 6.60. The molecule has 140 valence electrons. The molecule has 6 nitrogen and oxygen atoms in total. The van der Waals surface area contributed by atoms with Crippen LogP contribution in [0.1, 0.15) is 12.8 Å². The van der Waals surface area contributed by atoms with E-state index in [1.54, 1.807) is 0 Å². The number of piperazine rings is 1. The fraction of sp³-hybridized carbons (Fsp3) is 0.444. The molecule has 2 aromatic rings. The Morgan fingerprint density at radius 3 is 2.31 bits per heavy atom. The van der Waals surface area contributed by atoms with Gasteiger partial charge in [0.2, 0.25) is 6.79 Å². The number of benzene rings is 1. The zero-order valence-corrected chi connectivity index (χ0v) is 16.0. The van der Waals surface area contributed by atoms with Crippen molar-refractivity contribution in [2.24, 2.45) is 0 Å². The van der Waals surface area contributed by atoms with Gasteiger partial charge in [-0.3, -0.25) is 4.90 Å². The molecule has 26 heavy (non-hydrogen) atoms. The highest BCUT2D eigenvalue weighted by molar-refractivity contribution is 5.85. The van der Waals surface area contributed by atoms with Crippen molar-refractivity contribution < 1.29 is 9.47 Å². The Balaban J connectivity index is 0.000000980. The van der Waals surface area contributed by atoms with Gasteiger partial charge in [-0.25, -0.2) is 0 Å². The van der Waals surface area contributed by atoms with E-state index in [2.05, 4.69) is 26.1 Å². The maximum atomic E-state index is 5.43. The Bertz CT molecular complexity index is 747. The fourth-order valence-electron chi connectivity index (χ4n) is 3.46. The molecule has 3 heterocycles. The first-order valence-electron chi connectivity index (χ1n) is 8.59. The molecule has 1 saturated carbocycles. The molecule has 0 atom stereocenters. The second kappa shape index (κ2) is 7.86. The van der Waals surface area contributed by atoms with Gasteiger partial charge >= 0.3 is 0 Å². The minimum absolute atomic E-state index is 0. The number of nitrogens with zero attached hydrogens (tertiary/aromatic N) is 4. The summed E-state index contributed by atoms with van der Waals surface area (Å²) in [7, 11) is 0. The van der Waals surface area contributed by atoms with Gasteiger partial charge < -0.3 is 14.4 Å². The smallest absolute Gasteiger partial charge is 0.231 e. The number of aromatic nitrogens is 2. The van der Waals surface area contributed by atoms with Crippen LogP contribution in [0.25, 0.3) is 11.3 Å². The molecule has 0 N–H and O–H groups in total. The molecule has 0 spiro atoms. The van der Waals surface area contributed by atoms with E-state index in [0.29, 0.717) is 0 Å². The molecule has 0 unspecified atom stereocenters. The van der Waals surface area contributed by atoms with Crippen LogP contribution in [-0.4, -0.2) is 54.1 Å². The van der Waals surface area contributed by atoms with E-state index in [4.69, 9.17) is 9.47 Å². The molecule has 2 aliphatic heterocycles. The fourth-order valence-corrected chi connectivity index (χ4v) is 3.46. The molecule has 8 heteroatoms. The van der Waals surface area contributed by atoms with Crippen molar-refractivity contribution in [3.8, 4) is 22.8 Å². The van der Waals surface area contributed by atoms with Gasteiger partial charge in [0.1, 0.15) is 0 Å². The third-order valence-corrected chi connectivity index (χ3v) is 5.02. The number of rotatable bonds is 3. The van der Waals surface area contributed by atoms with E-state index in [-0.39, 0.29) is 31.6 Å². The molecule has 0 bridgehead atoms. The first kappa shape index (κ1) is 19.0. The first-order valence-corrected chi connectivity index (χ1v) is 8.59. The van der Waals surface area contributed by atoms with Crippen LogP contribution < -0.4 is 14.4 Å². The molecule has 1 saturated heterocycles. The first-order chi connectivity index (χ1) is 11.9. The Morgan fingerprint density at radius 2 is 1.62 bits per heavy atom. The van der Waals surface area contributed by atoms with Crippen LogP contribution in [-0.2, 0) is 0 Å². The number of hydrogen-bond donors (Lipinski definition) is 0. The highest BCUT2D eigenvalue weighted by Gasteiger charge is 2.31. The summed E-state index contributed by atoms with van der Waals surface area (Å²) in [5.41, 5.74) is 1.85. The van der Waals surface area contributed by atoms with Crippen molar-refractivity contribution in [1.82, 2.24) is 15.1 Å². The quantitative estimate of drug-likeness (QED) is 0.794. The Hall–Kier alpha value is -1.76. The minimum atomic E-state index is 0. The number of hydrogen-bond acceptors (Lipinski definition) is 6. The largest absolute Gasteiger partial charge is 0.454 e. The number of halogens is 2. The molecule has 5 rings (SSSR count). The molecule has 2 fully saturated rings. The summed E-state index contributed by atoms with van der Waals surface area (Å²) in [5.74, 6) is 2.53. The van der Waals surface area contributed by atoms with Gasteiger partial charge in [-0.2, -0.15) is 0 Å². The lowest BCUT2D eigenvalue weighted by Gasteiger charge is -2.35. The molecule has 1 aliphatic carbocycles. The molecular formula is C18H22Cl2N4O2. The minimum Gasteiger partial charge on any atom is -0.454 e. The maximum absolute atomic E-state index is 5.43. The van der Waals surface area contributed by atoms with Crippen molar-refractivity contribution in [2.75, 3.05) is 37.9 Å². The highest BCUT2D eigenvalue weighted by atomic mass is 35.5. The molecule has 0 radical (unpaired) electrons. The van der Waals surface area contributed by atoms with Crippen LogP contribution in [0.3, 0.4) is 0 Å². The molecule has 1 aromatic carbocycles. The van der Waals surface area contributed by atoms with E-state index in [1.165, 1.54) is 12.8 Å². The zero-order chi connectivity index (χ0) is 15.9. The molecule has 3 aliphatic rings. The Kier molecular flexibility index (Phi) is 5.75. The number of anilines is 1. The van der Waals surface area contributed by atoms with Crippen molar-refractivity contribution in [1.29, 1.82) is 0 Å². The lowest BCUT2D eigenvalue weighted by atomic mass is 10.1. The number of ether oxygens (including phenoxy) is 2. The van der Waals surface area contributed by atoms with Crippen LogP contribution in [0.2, 0.25) is 0 Å². The summed E-state index contributed by atoms with van der Waals surface area (Å²) in [6, 6.07) is 10.8. The Labute approximate surface area is 165 Å². The normalized spacial score (nSPS) is 18.8. The summed E-state index contributed by atoms with van der Waals surface area (Å²) in [6.45, 7) is 4.63. The summed E-state index contributed by atoms with van der Waals surface area (Å²) >= 11 is 0. The second-order valence-electron chi connectivity index (χ2n) is 6.60.